The largest absolute Gasteiger partial charge is 0.459 e. The zero-order valence-electron chi connectivity index (χ0n) is 14.4. The Kier molecular flexibility index (Phi) is 5.60. The van der Waals surface area contributed by atoms with Crippen LogP contribution in [0.1, 0.15) is 40.7 Å². The molecule has 0 aliphatic rings. The van der Waals surface area contributed by atoms with Crippen molar-refractivity contribution in [2.45, 2.75) is 51.4 Å². The van der Waals surface area contributed by atoms with Crippen LogP contribution in [0.4, 0.5) is 0 Å². The summed E-state index contributed by atoms with van der Waals surface area (Å²) in [5, 5.41) is 1.50. The van der Waals surface area contributed by atoms with E-state index in [0.717, 1.165) is 0 Å². The molecule has 2 rings (SSSR count). The number of thioether (sulfide) groups is 1. The van der Waals surface area contributed by atoms with E-state index < -0.39 is 5.60 Å². The van der Waals surface area contributed by atoms with Gasteiger partial charge >= 0.3 is 5.97 Å². The lowest BCUT2D eigenvalue weighted by Crippen LogP contribution is -2.27. The zero-order chi connectivity index (χ0) is 18.1. The zero-order valence-corrected chi connectivity index (χ0v) is 16.0. The molecular formula is C17H21ClN2O3S. The summed E-state index contributed by atoms with van der Waals surface area (Å²) in [7, 11) is 0. The van der Waals surface area contributed by atoms with Crippen molar-refractivity contribution in [2.75, 3.05) is 5.75 Å². The molecule has 0 radical (unpaired) electrons. The van der Waals surface area contributed by atoms with Crippen molar-refractivity contribution in [2.24, 2.45) is 0 Å². The molecule has 0 saturated heterocycles. The highest BCUT2D eigenvalue weighted by Crippen LogP contribution is 2.23. The fourth-order valence-electron chi connectivity index (χ4n) is 2.20. The van der Waals surface area contributed by atoms with Crippen molar-refractivity contribution in [1.29, 1.82) is 0 Å². The first-order valence-electron chi connectivity index (χ1n) is 7.65. The van der Waals surface area contributed by atoms with E-state index in [0.29, 0.717) is 21.1 Å². The van der Waals surface area contributed by atoms with E-state index in [2.05, 4.69) is 4.98 Å². The third kappa shape index (κ3) is 4.51. The van der Waals surface area contributed by atoms with Crippen LogP contribution in [0.25, 0.3) is 10.9 Å². The molecule has 0 N–H and O–H groups in total. The number of carbonyl (C=O) groups is 1. The fraction of sp³-hybridized carbons (Fsp3) is 0.471. The molecule has 0 atom stereocenters. The molecule has 0 aliphatic carbocycles. The van der Waals surface area contributed by atoms with E-state index in [9.17, 15) is 9.59 Å². The molecule has 0 unspecified atom stereocenters. The Morgan fingerprint density at radius 1 is 1.38 bits per heavy atom. The van der Waals surface area contributed by atoms with Crippen LogP contribution in [0, 0.1) is 0 Å². The summed E-state index contributed by atoms with van der Waals surface area (Å²) in [5.74, 6) is -0.258. The molecule has 2 aromatic rings. The standard InChI is InChI=1S/C17H21ClN2O3S/c1-10(2)20-15(22)12-7-6-11(18)8-13(12)19-16(20)24-9-14(21)23-17(3,4)5/h6-8,10H,9H2,1-5H3. The highest BCUT2D eigenvalue weighted by Gasteiger charge is 2.19. The van der Waals surface area contributed by atoms with Crippen LogP contribution in [0.15, 0.2) is 28.2 Å². The van der Waals surface area contributed by atoms with Crippen molar-refractivity contribution in [3.63, 3.8) is 0 Å². The maximum absolute atomic E-state index is 12.7. The van der Waals surface area contributed by atoms with Crippen LogP contribution < -0.4 is 5.56 Å². The molecule has 1 aromatic carbocycles. The molecule has 0 fully saturated rings. The number of aromatic nitrogens is 2. The number of benzene rings is 1. The van der Waals surface area contributed by atoms with Crippen molar-refractivity contribution >= 4 is 40.2 Å². The summed E-state index contributed by atoms with van der Waals surface area (Å²) < 4.78 is 6.89. The Bertz CT molecular complexity index is 825. The quantitative estimate of drug-likeness (QED) is 0.462. The number of fused-ring (bicyclic) bond motifs is 1. The lowest BCUT2D eigenvalue weighted by atomic mass is 10.2. The van der Waals surface area contributed by atoms with Gasteiger partial charge in [-0.3, -0.25) is 14.2 Å². The van der Waals surface area contributed by atoms with Gasteiger partial charge < -0.3 is 4.74 Å². The molecule has 130 valence electrons. The molecule has 0 spiro atoms. The molecule has 0 aliphatic heterocycles. The van der Waals surface area contributed by atoms with Gasteiger partial charge in [-0.25, -0.2) is 4.98 Å². The topological polar surface area (TPSA) is 61.2 Å². The second-order valence-corrected chi connectivity index (χ2v) is 8.08. The van der Waals surface area contributed by atoms with Gasteiger partial charge in [0.05, 0.1) is 16.7 Å². The number of nitrogens with zero attached hydrogens (tertiary/aromatic N) is 2. The Balaban J connectivity index is 2.39. The number of halogens is 1. The number of hydrogen-bond donors (Lipinski definition) is 0. The van der Waals surface area contributed by atoms with Crippen molar-refractivity contribution in [3.8, 4) is 0 Å². The number of carbonyl (C=O) groups excluding carboxylic acids is 1. The van der Waals surface area contributed by atoms with E-state index in [1.54, 1.807) is 22.8 Å². The minimum absolute atomic E-state index is 0.0776. The Hall–Kier alpha value is -1.53. The molecule has 7 heteroatoms. The van der Waals surface area contributed by atoms with E-state index >= 15 is 0 Å². The summed E-state index contributed by atoms with van der Waals surface area (Å²) in [6.07, 6.45) is 0. The summed E-state index contributed by atoms with van der Waals surface area (Å²) in [4.78, 5) is 29.2. The first-order chi connectivity index (χ1) is 11.1. The highest BCUT2D eigenvalue weighted by atomic mass is 35.5. The second kappa shape index (κ2) is 7.15. The van der Waals surface area contributed by atoms with Gasteiger partial charge in [-0.05, 0) is 52.8 Å². The van der Waals surface area contributed by atoms with Crippen LogP contribution in [0.3, 0.4) is 0 Å². The molecule has 0 bridgehead atoms. The van der Waals surface area contributed by atoms with E-state index in [1.807, 2.05) is 34.6 Å². The Morgan fingerprint density at radius 2 is 2.04 bits per heavy atom. The van der Waals surface area contributed by atoms with Gasteiger partial charge in [-0.15, -0.1) is 0 Å². The predicted molar refractivity (Wildman–Crippen MR) is 98.0 cm³/mol. The van der Waals surface area contributed by atoms with Gasteiger partial charge in [0, 0.05) is 11.1 Å². The first-order valence-corrected chi connectivity index (χ1v) is 9.01. The van der Waals surface area contributed by atoms with Crippen molar-refractivity contribution < 1.29 is 9.53 Å². The Morgan fingerprint density at radius 3 is 2.62 bits per heavy atom. The lowest BCUT2D eigenvalue weighted by molar-refractivity contribution is -0.151. The second-order valence-electron chi connectivity index (χ2n) is 6.70. The maximum Gasteiger partial charge on any atom is 0.316 e. The molecule has 0 saturated carbocycles. The minimum atomic E-state index is -0.542. The summed E-state index contributed by atoms with van der Waals surface area (Å²) >= 11 is 7.19. The van der Waals surface area contributed by atoms with Gasteiger partial charge in [-0.1, -0.05) is 23.4 Å². The molecule has 1 heterocycles. The Labute approximate surface area is 150 Å². The van der Waals surface area contributed by atoms with E-state index in [1.165, 1.54) is 11.8 Å². The third-order valence-corrected chi connectivity index (χ3v) is 4.25. The third-order valence-electron chi connectivity index (χ3n) is 3.09. The monoisotopic (exact) mass is 368 g/mol. The predicted octanol–water partition coefficient (Wildman–Crippen LogP) is 4.06. The van der Waals surface area contributed by atoms with Crippen LogP contribution in [-0.2, 0) is 9.53 Å². The van der Waals surface area contributed by atoms with Gasteiger partial charge in [0.25, 0.3) is 5.56 Å². The van der Waals surface area contributed by atoms with Gasteiger partial charge in [-0.2, -0.15) is 0 Å². The normalized spacial score (nSPS) is 12.0. The molecule has 0 amide bonds. The van der Waals surface area contributed by atoms with Crippen LogP contribution in [0.5, 0.6) is 0 Å². The summed E-state index contributed by atoms with van der Waals surface area (Å²) in [6, 6.07) is 4.92. The van der Waals surface area contributed by atoms with Gasteiger partial charge in [0.2, 0.25) is 0 Å². The summed E-state index contributed by atoms with van der Waals surface area (Å²) in [6.45, 7) is 9.26. The fourth-order valence-corrected chi connectivity index (χ4v) is 3.27. The van der Waals surface area contributed by atoms with Crippen LogP contribution in [-0.4, -0.2) is 26.9 Å². The molecule has 24 heavy (non-hydrogen) atoms. The van der Waals surface area contributed by atoms with E-state index in [4.69, 9.17) is 16.3 Å². The van der Waals surface area contributed by atoms with Crippen molar-refractivity contribution in [1.82, 2.24) is 9.55 Å². The average molecular weight is 369 g/mol. The smallest absolute Gasteiger partial charge is 0.316 e. The molecular weight excluding hydrogens is 348 g/mol. The van der Waals surface area contributed by atoms with Crippen LogP contribution >= 0.6 is 23.4 Å². The number of ether oxygens (including phenoxy) is 1. The number of hydrogen-bond acceptors (Lipinski definition) is 5. The molecule has 5 nitrogen and oxygen atoms in total. The number of esters is 1. The van der Waals surface area contributed by atoms with E-state index in [-0.39, 0.29) is 23.3 Å². The van der Waals surface area contributed by atoms with Gasteiger partial charge in [0.1, 0.15) is 5.60 Å². The lowest BCUT2D eigenvalue weighted by Gasteiger charge is -2.20. The van der Waals surface area contributed by atoms with Crippen LogP contribution in [0.2, 0.25) is 5.02 Å². The summed E-state index contributed by atoms with van der Waals surface area (Å²) in [5.41, 5.74) is -0.158. The van der Waals surface area contributed by atoms with Gasteiger partial charge in [0.15, 0.2) is 5.16 Å². The maximum atomic E-state index is 12.7. The SMILES string of the molecule is CC(C)n1c(SCC(=O)OC(C)(C)C)nc2cc(Cl)ccc2c1=O. The minimum Gasteiger partial charge on any atom is -0.459 e. The first kappa shape index (κ1) is 18.8. The van der Waals surface area contributed by atoms with Crippen molar-refractivity contribution in [3.05, 3.63) is 33.6 Å². The average Bonchev–Trinajstić information content (AvgIpc) is 2.42. The highest BCUT2D eigenvalue weighted by molar-refractivity contribution is 7.99. The molecule has 1 aromatic heterocycles. The number of rotatable bonds is 4.